The normalized spacial score (nSPS) is 10.1. The van der Waals surface area contributed by atoms with Crippen molar-refractivity contribution in [1.82, 2.24) is 5.32 Å². The highest BCUT2D eigenvalue weighted by Crippen LogP contribution is 2.29. The van der Waals surface area contributed by atoms with Crippen LogP contribution in [0.5, 0.6) is 5.75 Å². The van der Waals surface area contributed by atoms with Gasteiger partial charge in [0.2, 0.25) is 0 Å². The minimum Gasteiger partial charge on any atom is -0.496 e. The Labute approximate surface area is 126 Å². The number of amides is 1. The SMILES string of the molecule is COc1cc(C(=O)NCCOCC(=O)O)cc([N+](=O)[O-])c1C. The van der Waals surface area contributed by atoms with Crippen molar-refractivity contribution in [3.05, 3.63) is 33.4 Å². The smallest absolute Gasteiger partial charge is 0.329 e. The molecule has 0 fully saturated rings. The fraction of sp³-hybridized carbons (Fsp3) is 0.385. The van der Waals surface area contributed by atoms with E-state index in [0.717, 1.165) is 6.07 Å². The van der Waals surface area contributed by atoms with E-state index in [4.69, 9.17) is 14.6 Å². The van der Waals surface area contributed by atoms with Crippen LogP contribution < -0.4 is 10.1 Å². The number of carboxylic acids is 1. The van der Waals surface area contributed by atoms with Crippen LogP contribution in [0.1, 0.15) is 15.9 Å². The zero-order valence-corrected chi connectivity index (χ0v) is 12.1. The molecule has 120 valence electrons. The molecule has 1 amide bonds. The van der Waals surface area contributed by atoms with Gasteiger partial charge in [0.15, 0.2) is 0 Å². The molecule has 0 bridgehead atoms. The molecule has 0 aromatic heterocycles. The molecular weight excluding hydrogens is 296 g/mol. The summed E-state index contributed by atoms with van der Waals surface area (Å²) in [6.45, 7) is 1.16. The molecule has 9 heteroatoms. The van der Waals surface area contributed by atoms with Gasteiger partial charge in [0.05, 0.1) is 24.2 Å². The lowest BCUT2D eigenvalue weighted by Crippen LogP contribution is -2.28. The second-order valence-electron chi connectivity index (χ2n) is 4.28. The number of nitro benzene ring substituents is 1. The van der Waals surface area contributed by atoms with E-state index in [1.165, 1.54) is 20.1 Å². The molecule has 0 aliphatic carbocycles. The number of ether oxygens (including phenoxy) is 2. The summed E-state index contributed by atoms with van der Waals surface area (Å²) in [5, 5.41) is 21.8. The Morgan fingerprint density at radius 1 is 1.41 bits per heavy atom. The van der Waals surface area contributed by atoms with E-state index in [9.17, 15) is 19.7 Å². The average Bonchev–Trinajstić information content (AvgIpc) is 2.46. The first-order valence-electron chi connectivity index (χ1n) is 6.27. The Morgan fingerprint density at radius 2 is 2.09 bits per heavy atom. The largest absolute Gasteiger partial charge is 0.496 e. The van der Waals surface area contributed by atoms with Crippen LogP contribution in [0.3, 0.4) is 0 Å². The van der Waals surface area contributed by atoms with Gasteiger partial charge in [0, 0.05) is 18.2 Å². The highest BCUT2D eigenvalue weighted by Gasteiger charge is 2.19. The van der Waals surface area contributed by atoms with Crippen molar-refractivity contribution in [2.75, 3.05) is 26.9 Å². The van der Waals surface area contributed by atoms with Crippen LogP contribution in [0.25, 0.3) is 0 Å². The maximum atomic E-state index is 11.9. The van der Waals surface area contributed by atoms with Crippen molar-refractivity contribution in [3.63, 3.8) is 0 Å². The van der Waals surface area contributed by atoms with Crippen molar-refractivity contribution in [2.45, 2.75) is 6.92 Å². The van der Waals surface area contributed by atoms with E-state index in [1.54, 1.807) is 0 Å². The van der Waals surface area contributed by atoms with Gasteiger partial charge in [-0.05, 0) is 13.0 Å². The number of carbonyl (C=O) groups excluding carboxylic acids is 1. The third-order valence-electron chi connectivity index (χ3n) is 2.77. The zero-order chi connectivity index (χ0) is 16.7. The Morgan fingerprint density at radius 3 is 2.64 bits per heavy atom. The van der Waals surface area contributed by atoms with E-state index in [2.05, 4.69) is 5.32 Å². The lowest BCUT2D eigenvalue weighted by atomic mass is 10.1. The van der Waals surface area contributed by atoms with Crippen LogP contribution in [0.4, 0.5) is 5.69 Å². The Hall–Kier alpha value is -2.68. The summed E-state index contributed by atoms with van der Waals surface area (Å²) >= 11 is 0. The Bertz CT molecular complexity index is 586. The summed E-state index contributed by atoms with van der Waals surface area (Å²) in [5.74, 6) is -1.41. The summed E-state index contributed by atoms with van der Waals surface area (Å²) in [5.41, 5.74) is 0.188. The lowest BCUT2D eigenvalue weighted by Gasteiger charge is -2.09. The molecule has 9 nitrogen and oxygen atoms in total. The number of nitrogens with zero attached hydrogens (tertiary/aromatic N) is 1. The summed E-state index contributed by atoms with van der Waals surface area (Å²) < 4.78 is 9.78. The molecule has 0 saturated heterocycles. The van der Waals surface area contributed by atoms with E-state index >= 15 is 0 Å². The monoisotopic (exact) mass is 312 g/mol. The number of nitrogens with one attached hydrogen (secondary N) is 1. The summed E-state index contributed by atoms with van der Waals surface area (Å²) in [7, 11) is 1.35. The topological polar surface area (TPSA) is 128 Å². The van der Waals surface area contributed by atoms with Gasteiger partial charge < -0.3 is 19.9 Å². The number of benzene rings is 1. The van der Waals surface area contributed by atoms with Gasteiger partial charge in [0.1, 0.15) is 12.4 Å². The highest BCUT2D eigenvalue weighted by atomic mass is 16.6. The number of carbonyl (C=O) groups is 2. The molecule has 0 saturated carbocycles. The molecule has 1 rings (SSSR count). The molecule has 0 aliphatic heterocycles. The van der Waals surface area contributed by atoms with Gasteiger partial charge in [-0.15, -0.1) is 0 Å². The molecular formula is C13H16N2O7. The summed E-state index contributed by atoms with van der Waals surface area (Å²) in [4.78, 5) is 32.5. The van der Waals surface area contributed by atoms with Gasteiger partial charge in [-0.1, -0.05) is 0 Å². The molecule has 0 atom stereocenters. The number of hydrogen-bond donors (Lipinski definition) is 2. The fourth-order valence-electron chi connectivity index (χ4n) is 1.70. The third kappa shape index (κ3) is 4.70. The van der Waals surface area contributed by atoms with Gasteiger partial charge in [-0.25, -0.2) is 4.79 Å². The molecule has 0 unspecified atom stereocenters. The molecule has 0 aliphatic rings. The third-order valence-corrected chi connectivity index (χ3v) is 2.77. The van der Waals surface area contributed by atoms with Crippen molar-refractivity contribution in [2.24, 2.45) is 0 Å². The maximum absolute atomic E-state index is 11.9. The molecule has 1 aromatic carbocycles. The van der Waals surface area contributed by atoms with E-state index in [1.807, 2.05) is 0 Å². The Kier molecular flexibility index (Phi) is 6.26. The van der Waals surface area contributed by atoms with E-state index in [0.29, 0.717) is 5.56 Å². The van der Waals surface area contributed by atoms with E-state index in [-0.39, 0.29) is 30.2 Å². The minimum absolute atomic E-state index is 0.0170. The maximum Gasteiger partial charge on any atom is 0.329 e. The van der Waals surface area contributed by atoms with Gasteiger partial charge in [0.25, 0.3) is 11.6 Å². The molecule has 2 N–H and O–H groups in total. The standard InChI is InChI=1S/C13H16N2O7/c1-8-10(15(19)20)5-9(6-11(8)21-2)13(18)14-3-4-22-7-12(16)17/h5-6H,3-4,7H2,1-2H3,(H,14,18)(H,16,17). The van der Waals surface area contributed by atoms with Crippen molar-refractivity contribution in [3.8, 4) is 5.75 Å². The first-order valence-corrected chi connectivity index (χ1v) is 6.27. The van der Waals surface area contributed by atoms with E-state index < -0.39 is 23.4 Å². The summed E-state index contributed by atoms with van der Waals surface area (Å²) in [6, 6.07) is 2.56. The molecule has 0 spiro atoms. The molecule has 1 aromatic rings. The lowest BCUT2D eigenvalue weighted by molar-refractivity contribution is -0.385. The number of methoxy groups -OCH3 is 1. The van der Waals surface area contributed by atoms with Crippen LogP contribution in [0.15, 0.2) is 12.1 Å². The average molecular weight is 312 g/mol. The summed E-state index contributed by atoms with van der Waals surface area (Å²) in [6.07, 6.45) is 0. The fourth-order valence-corrected chi connectivity index (χ4v) is 1.70. The molecule has 22 heavy (non-hydrogen) atoms. The number of carboxylic acid groups (broad SMARTS) is 1. The van der Waals surface area contributed by atoms with Crippen molar-refractivity contribution < 1.29 is 29.1 Å². The number of hydrogen-bond acceptors (Lipinski definition) is 6. The molecule has 0 heterocycles. The number of nitro groups is 1. The minimum atomic E-state index is -1.11. The van der Waals surface area contributed by atoms with Crippen LogP contribution in [0, 0.1) is 17.0 Å². The molecule has 0 radical (unpaired) electrons. The quantitative estimate of drug-likeness (QED) is 0.411. The van der Waals surface area contributed by atoms with Crippen LogP contribution in [-0.2, 0) is 9.53 Å². The van der Waals surface area contributed by atoms with Crippen LogP contribution >= 0.6 is 0 Å². The first-order chi connectivity index (χ1) is 10.4. The van der Waals surface area contributed by atoms with Crippen LogP contribution in [-0.4, -0.2) is 48.8 Å². The second kappa shape index (κ2) is 7.93. The predicted molar refractivity (Wildman–Crippen MR) is 75.2 cm³/mol. The van der Waals surface area contributed by atoms with Crippen molar-refractivity contribution in [1.29, 1.82) is 0 Å². The van der Waals surface area contributed by atoms with Gasteiger partial charge in [-0.2, -0.15) is 0 Å². The number of aliphatic carboxylic acids is 1. The second-order valence-corrected chi connectivity index (χ2v) is 4.28. The van der Waals surface area contributed by atoms with Crippen LogP contribution in [0.2, 0.25) is 0 Å². The highest BCUT2D eigenvalue weighted by molar-refractivity contribution is 5.95. The Balaban J connectivity index is 2.75. The zero-order valence-electron chi connectivity index (χ0n) is 12.1. The van der Waals surface area contributed by atoms with Gasteiger partial charge in [-0.3, -0.25) is 14.9 Å². The van der Waals surface area contributed by atoms with Crippen molar-refractivity contribution >= 4 is 17.6 Å². The predicted octanol–water partition coefficient (Wildman–Crippen LogP) is 0.743. The number of rotatable bonds is 8. The first kappa shape index (κ1) is 17.4. The van der Waals surface area contributed by atoms with Gasteiger partial charge >= 0.3 is 5.97 Å².